The lowest BCUT2D eigenvalue weighted by molar-refractivity contribution is -0.139. The van der Waals surface area contributed by atoms with Crippen molar-refractivity contribution in [2.75, 3.05) is 19.7 Å². The Morgan fingerprint density at radius 3 is 2.35 bits per heavy atom. The average molecular weight is 444 g/mol. The minimum absolute atomic E-state index is 0.0735. The van der Waals surface area contributed by atoms with Crippen LogP contribution in [-0.4, -0.2) is 48.2 Å². The lowest BCUT2D eigenvalue weighted by Crippen LogP contribution is -2.43. The number of para-hydroxylation sites is 1. The summed E-state index contributed by atoms with van der Waals surface area (Å²) in [6.45, 7) is 8.10. The van der Waals surface area contributed by atoms with E-state index in [1.165, 1.54) is 18.2 Å². The molecule has 2 rings (SSSR count). The third kappa shape index (κ3) is 8.30. The second-order valence-electron chi connectivity index (χ2n) is 8.89. The molecule has 1 fully saturated rings. The first-order valence-corrected chi connectivity index (χ1v) is 10.4. The smallest absolute Gasteiger partial charge is 0.419 e. The molecule has 0 aliphatic carbocycles. The highest BCUT2D eigenvalue weighted by molar-refractivity contribution is 5.76. The number of ether oxygens (including phenoxy) is 2. The molecule has 0 spiro atoms. The fraction of sp³-hybridized carbons (Fsp3) is 0.636. The second kappa shape index (κ2) is 10.2. The zero-order valence-electron chi connectivity index (χ0n) is 18.4. The third-order valence-corrected chi connectivity index (χ3v) is 4.83. The zero-order valence-corrected chi connectivity index (χ0v) is 18.4. The van der Waals surface area contributed by atoms with E-state index in [1.54, 1.807) is 11.8 Å². The Morgan fingerprint density at radius 1 is 1.16 bits per heavy atom. The van der Waals surface area contributed by atoms with Gasteiger partial charge >= 0.3 is 12.3 Å². The fourth-order valence-electron chi connectivity index (χ4n) is 3.33. The molecule has 1 aliphatic heterocycles. The van der Waals surface area contributed by atoms with Crippen molar-refractivity contribution in [1.82, 2.24) is 10.2 Å². The summed E-state index contributed by atoms with van der Waals surface area (Å²) >= 11 is 0. The largest absolute Gasteiger partial charge is 0.491 e. The highest BCUT2D eigenvalue weighted by atomic mass is 19.4. The normalized spacial score (nSPS) is 16.5. The molecule has 1 aromatic carbocycles. The molecule has 0 saturated carbocycles. The minimum atomic E-state index is -4.50. The molecule has 1 N–H and O–H groups in total. The van der Waals surface area contributed by atoms with Gasteiger partial charge in [0.1, 0.15) is 18.0 Å². The molecule has 1 aliphatic rings. The van der Waals surface area contributed by atoms with Gasteiger partial charge in [-0.15, -0.1) is 0 Å². The van der Waals surface area contributed by atoms with Crippen LogP contribution < -0.4 is 10.1 Å². The number of hydrogen-bond acceptors (Lipinski definition) is 4. The predicted octanol–water partition coefficient (Wildman–Crippen LogP) is 4.63. The van der Waals surface area contributed by atoms with Gasteiger partial charge in [-0.05, 0) is 58.6 Å². The van der Waals surface area contributed by atoms with Crippen molar-refractivity contribution in [3.8, 4) is 5.75 Å². The summed E-state index contributed by atoms with van der Waals surface area (Å²) in [5.41, 5.74) is -1.39. The summed E-state index contributed by atoms with van der Waals surface area (Å²) in [7, 11) is 0. The zero-order chi connectivity index (χ0) is 23.2. The summed E-state index contributed by atoms with van der Waals surface area (Å²) in [5, 5.41) is 2.77. The minimum Gasteiger partial charge on any atom is -0.491 e. The molecule has 174 valence electrons. The van der Waals surface area contributed by atoms with Crippen molar-refractivity contribution in [2.45, 2.75) is 64.8 Å². The molecular formula is C22H31F3N2O4. The van der Waals surface area contributed by atoms with E-state index in [1.807, 2.05) is 20.8 Å². The van der Waals surface area contributed by atoms with Crippen molar-refractivity contribution in [3.05, 3.63) is 29.8 Å². The lowest BCUT2D eigenvalue weighted by atomic mass is 9.93. The van der Waals surface area contributed by atoms with Crippen molar-refractivity contribution in [3.63, 3.8) is 0 Å². The van der Waals surface area contributed by atoms with Crippen molar-refractivity contribution >= 4 is 12.0 Å². The van der Waals surface area contributed by atoms with Gasteiger partial charge in [0.25, 0.3) is 0 Å². The molecule has 9 heteroatoms. The quantitative estimate of drug-likeness (QED) is 0.695. The Labute approximate surface area is 181 Å². The van der Waals surface area contributed by atoms with Gasteiger partial charge in [-0.25, -0.2) is 4.79 Å². The van der Waals surface area contributed by atoms with Crippen LogP contribution in [0.5, 0.6) is 5.75 Å². The van der Waals surface area contributed by atoms with Gasteiger partial charge in [-0.3, -0.25) is 4.79 Å². The molecule has 0 radical (unpaired) electrons. The highest BCUT2D eigenvalue weighted by Crippen LogP contribution is 2.35. The van der Waals surface area contributed by atoms with Crippen LogP contribution in [0.3, 0.4) is 0 Å². The van der Waals surface area contributed by atoms with Crippen LogP contribution in [0.4, 0.5) is 18.0 Å². The van der Waals surface area contributed by atoms with Crippen LogP contribution in [0.2, 0.25) is 0 Å². The van der Waals surface area contributed by atoms with E-state index in [-0.39, 0.29) is 30.3 Å². The molecule has 1 aromatic rings. The number of halogens is 3. The van der Waals surface area contributed by atoms with Crippen LogP contribution in [-0.2, 0) is 15.7 Å². The number of carbonyl (C=O) groups excluding carboxylic acids is 2. The molecule has 1 heterocycles. The molecule has 31 heavy (non-hydrogen) atoms. The van der Waals surface area contributed by atoms with Crippen molar-refractivity contribution in [1.29, 1.82) is 0 Å². The summed E-state index contributed by atoms with van der Waals surface area (Å²) in [4.78, 5) is 26.1. The second-order valence-corrected chi connectivity index (χ2v) is 8.89. The first-order chi connectivity index (χ1) is 14.3. The molecule has 1 saturated heterocycles. The van der Waals surface area contributed by atoms with Crippen LogP contribution in [0.15, 0.2) is 24.3 Å². The number of rotatable bonds is 6. The number of benzene rings is 1. The molecule has 1 unspecified atom stereocenters. The van der Waals surface area contributed by atoms with Gasteiger partial charge in [0.2, 0.25) is 5.91 Å². The molecule has 6 nitrogen and oxygen atoms in total. The first-order valence-electron chi connectivity index (χ1n) is 10.4. The van der Waals surface area contributed by atoms with E-state index < -0.39 is 23.4 Å². The summed E-state index contributed by atoms with van der Waals surface area (Å²) < 4.78 is 49.7. The van der Waals surface area contributed by atoms with Crippen LogP contribution in [0.25, 0.3) is 0 Å². The maximum Gasteiger partial charge on any atom is 0.419 e. The summed E-state index contributed by atoms with van der Waals surface area (Å²) in [5.74, 6) is -0.306. The van der Waals surface area contributed by atoms with Gasteiger partial charge in [0.05, 0.1) is 11.6 Å². The van der Waals surface area contributed by atoms with E-state index in [0.29, 0.717) is 32.4 Å². The Kier molecular flexibility index (Phi) is 8.20. The third-order valence-electron chi connectivity index (χ3n) is 4.83. The Hall–Kier alpha value is -2.45. The summed E-state index contributed by atoms with van der Waals surface area (Å²) in [6, 6.07) is 4.54. The highest BCUT2D eigenvalue weighted by Gasteiger charge is 2.34. The fourth-order valence-corrected chi connectivity index (χ4v) is 3.33. The van der Waals surface area contributed by atoms with Gasteiger partial charge in [-0.1, -0.05) is 12.1 Å². The topological polar surface area (TPSA) is 67.9 Å². The molecule has 0 bridgehead atoms. The summed E-state index contributed by atoms with van der Waals surface area (Å²) in [6.07, 6.45) is -3.17. The van der Waals surface area contributed by atoms with Crippen LogP contribution >= 0.6 is 0 Å². The van der Waals surface area contributed by atoms with Gasteiger partial charge in [0.15, 0.2) is 0 Å². The number of nitrogens with one attached hydrogen (secondary N) is 1. The average Bonchev–Trinajstić information content (AvgIpc) is 2.65. The number of nitrogens with zero attached hydrogens (tertiary/aromatic N) is 1. The van der Waals surface area contributed by atoms with Gasteiger partial charge < -0.3 is 19.7 Å². The van der Waals surface area contributed by atoms with E-state index in [0.717, 1.165) is 6.07 Å². The number of hydrogen-bond donors (Lipinski definition) is 1. The molecule has 2 amide bonds. The molecule has 1 atom stereocenters. The Morgan fingerprint density at radius 2 is 1.77 bits per heavy atom. The lowest BCUT2D eigenvalue weighted by Gasteiger charge is -2.33. The van der Waals surface area contributed by atoms with Crippen LogP contribution in [0.1, 0.15) is 52.5 Å². The predicted molar refractivity (Wildman–Crippen MR) is 110 cm³/mol. The van der Waals surface area contributed by atoms with E-state index in [2.05, 4.69) is 5.32 Å². The number of amides is 2. The maximum absolute atomic E-state index is 13.0. The van der Waals surface area contributed by atoms with E-state index in [9.17, 15) is 22.8 Å². The Bertz CT molecular complexity index is 754. The monoisotopic (exact) mass is 444 g/mol. The maximum atomic E-state index is 13.0. The van der Waals surface area contributed by atoms with Crippen molar-refractivity contribution < 1.29 is 32.2 Å². The van der Waals surface area contributed by atoms with Gasteiger partial charge in [-0.2, -0.15) is 13.2 Å². The number of carbonyl (C=O) groups is 2. The Balaban J connectivity index is 1.74. The number of alkyl halides is 3. The van der Waals surface area contributed by atoms with Gasteiger partial charge in [0, 0.05) is 19.5 Å². The van der Waals surface area contributed by atoms with Crippen LogP contribution in [0, 0.1) is 5.92 Å². The van der Waals surface area contributed by atoms with E-state index >= 15 is 0 Å². The first kappa shape index (κ1) is 24.8. The standard InChI is InChI=1S/C22H31F3N2O4/c1-15(14-30-18-8-6-5-7-17(18)22(23,24)25)26-19(28)13-16-9-11-27(12-10-16)20(29)31-21(2,3)4/h5-8,15-16H,9-14H2,1-4H3,(H,26,28). The SMILES string of the molecule is CC(COc1ccccc1C(F)(F)F)NC(=O)CC1CCN(C(=O)OC(C)(C)C)CC1. The van der Waals surface area contributed by atoms with E-state index in [4.69, 9.17) is 9.47 Å². The molecule has 0 aromatic heterocycles. The number of piperidine rings is 1. The molecular weight excluding hydrogens is 413 g/mol. The van der Waals surface area contributed by atoms with Crippen molar-refractivity contribution in [2.24, 2.45) is 5.92 Å². The number of likely N-dealkylation sites (tertiary alicyclic amines) is 1.